The minimum atomic E-state index is -0.379. The van der Waals surface area contributed by atoms with Gasteiger partial charge < -0.3 is 5.32 Å². The van der Waals surface area contributed by atoms with Gasteiger partial charge in [0.1, 0.15) is 5.66 Å². The number of fused-ring (bicyclic) bond motifs is 1. The van der Waals surface area contributed by atoms with E-state index in [2.05, 4.69) is 24.2 Å². The summed E-state index contributed by atoms with van der Waals surface area (Å²) in [5.74, 6) is 0.117. The van der Waals surface area contributed by atoms with Crippen molar-refractivity contribution < 1.29 is 4.79 Å². The smallest absolute Gasteiger partial charge is 0.272 e. The maximum absolute atomic E-state index is 12.9. The van der Waals surface area contributed by atoms with Crippen molar-refractivity contribution in [2.75, 3.05) is 18.4 Å². The molecule has 1 saturated heterocycles. The lowest BCUT2D eigenvalue weighted by atomic mass is 10.0. The Morgan fingerprint density at radius 2 is 1.70 bits per heavy atom. The van der Waals surface area contributed by atoms with E-state index in [1.165, 1.54) is 25.7 Å². The summed E-state index contributed by atoms with van der Waals surface area (Å²) in [5, 5.41) is 7.66. The summed E-state index contributed by atoms with van der Waals surface area (Å²) in [5.41, 5.74) is 1.33. The Labute approximate surface area is 120 Å². The van der Waals surface area contributed by atoms with Gasteiger partial charge >= 0.3 is 0 Å². The minimum absolute atomic E-state index is 0.117. The number of nitrogens with zero attached hydrogens (tertiary/aromatic N) is 2. The second kappa shape index (κ2) is 5.09. The molecule has 0 spiro atoms. The molecule has 1 fully saturated rings. The Hall–Kier alpha value is -1.55. The van der Waals surface area contributed by atoms with Crippen molar-refractivity contribution in [2.24, 2.45) is 0 Å². The Morgan fingerprint density at radius 1 is 1.05 bits per heavy atom. The van der Waals surface area contributed by atoms with Gasteiger partial charge in [0.05, 0.1) is 5.56 Å². The molecule has 3 rings (SSSR count). The second-order valence-corrected chi connectivity index (χ2v) is 6.21. The van der Waals surface area contributed by atoms with E-state index in [1.807, 2.05) is 29.3 Å². The highest BCUT2D eigenvalue weighted by Gasteiger charge is 2.41. The molecule has 4 nitrogen and oxygen atoms in total. The first kappa shape index (κ1) is 13.4. The molecule has 0 bridgehead atoms. The number of hydrogen-bond donors (Lipinski definition) is 1. The van der Waals surface area contributed by atoms with Crippen LogP contribution in [0.4, 0.5) is 5.69 Å². The van der Waals surface area contributed by atoms with E-state index >= 15 is 0 Å². The normalized spacial score (nSPS) is 22.9. The molecular weight excluding hydrogens is 250 g/mol. The number of nitrogens with one attached hydrogen (secondary N) is 1. The van der Waals surface area contributed by atoms with Crippen LogP contribution >= 0.6 is 0 Å². The Balaban J connectivity index is 1.95. The molecule has 2 heterocycles. The third-order valence-electron chi connectivity index (χ3n) is 4.19. The molecule has 2 aliphatic heterocycles. The summed E-state index contributed by atoms with van der Waals surface area (Å²) in [6.07, 6.45) is 4.87. The monoisotopic (exact) mass is 273 g/mol. The lowest BCUT2D eigenvalue weighted by molar-refractivity contribution is -0.0581. The number of amides is 1. The molecule has 0 aliphatic carbocycles. The molecule has 1 aromatic rings. The summed E-state index contributed by atoms with van der Waals surface area (Å²) < 4.78 is 0. The van der Waals surface area contributed by atoms with E-state index in [0.717, 1.165) is 24.3 Å². The zero-order chi connectivity index (χ0) is 14.2. The molecular formula is C16H23N3O. The highest BCUT2D eigenvalue weighted by Crippen LogP contribution is 2.32. The number of carbonyl (C=O) groups is 1. The van der Waals surface area contributed by atoms with Crippen LogP contribution in [-0.4, -0.2) is 34.7 Å². The zero-order valence-corrected chi connectivity index (χ0v) is 12.4. The van der Waals surface area contributed by atoms with E-state index in [-0.39, 0.29) is 11.6 Å². The fourth-order valence-electron chi connectivity index (χ4n) is 3.27. The van der Waals surface area contributed by atoms with Gasteiger partial charge in [-0.05, 0) is 38.8 Å². The van der Waals surface area contributed by atoms with Crippen LogP contribution in [0.25, 0.3) is 0 Å². The molecule has 0 atom stereocenters. The van der Waals surface area contributed by atoms with Crippen LogP contribution in [0.5, 0.6) is 0 Å². The van der Waals surface area contributed by atoms with Crippen LogP contribution in [0.1, 0.15) is 49.9 Å². The highest BCUT2D eigenvalue weighted by atomic mass is 16.2. The van der Waals surface area contributed by atoms with Gasteiger partial charge in [-0.15, -0.1) is 0 Å². The summed E-state index contributed by atoms with van der Waals surface area (Å²) in [4.78, 5) is 12.9. The van der Waals surface area contributed by atoms with Gasteiger partial charge in [0.25, 0.3) is 5.91 Å². The molecule has 1 amide bonds. The van der Waals surface area contributed by atoms with Crippen molar-refractivity contribution in [2.45, 2.75) is 45.2 Å². The third-order valence-corrected chi connectivity index (χ3v) is 4.19. The van der Waals surface area contributed by atoms with Gasteiger partial charge in [-0.25, -0.2) is 10.0 Å². The highest BCUT2D eigenvalue weighted by molar-refractivity contribution is 6.01. The quantitative estimate of drug-likeness (QED) is 0.854. The van der Waals surface area contributed by atoms with Gasteiger partial charge in [-0.3, -0.25) is 4.79 Å². The van der Waals surface area contributed by atoms with Crippen LogP contribution in [0, 0.1) is 0 Å². The number of para-hydroxylation sites is 1. The largest absolute Gasteiger partial charge is 0.361 e. The van der Waals surface area contributed by atoms with Crippen molar-refractivity contribution in [3.05, 3.63) is 29.8 Å². The molecule has 0 radical (unpaired) electrons. The average molecular weight is 273 g/mol. The summed E-state index contributed by atoms with van der Waals surface area (Å²) >= 11 is 0. The standard InChI is InChI=1S/C16H23N3O/c1-16(2)17-14-10-6-5-9-13(14)15(20)19(16)18-11-7-3-4-8-12-18/h5-6,9-10,17H,3-4,7-8,11-12H2,1-2H3. The van der Waals surface area contributed by atoms with Crippen LogP contribution in [0.3, 0.4) is 0 Å². The van der Waals surface area contributed by atoms with Gasteiger partial charge in [0, 0.05) is 18.8 Å². The minimum Gasteiger partial charge on any atom is -0.361 e. The van der Waals surface area contributed by atoms with Crippen molar-refractivity contribution in [3.8, 4) is 0 Å². The number of rotatable bonds is 1. The number of anilines is 1. The van der Waals surface area contributed by atoms with Crippen LogP contribution in [-0.2, 0) is 0 Å². The van der Waals surface area contributed by atoms with Crippen molar-refractivity contribution in [1.82, 2.24) is 10.0 Å². The first-order chi connectivity index (χ1) is 9.59. The molecule has 1 aromatic carbocycles. The molecule has 1 N–H and O–H groups in total. The summed E-state index contributed by atoms with van der Waals surface area (Å²) in [6.45, 7) is 6.09. The first-order valence-corrected chi connectivity index (χ1v) is 7.56. The van der Waals surface area contributed by atoms with Gasteiger partial charge in [-0.2, -0.15) is 0 Å². The summed E-state index contributed by atoms with van der Waals surface area (Å²) in [7, 11) is 0. The average Bonchev–Trinajstić information content (AvgIpc) is 2.67. The van der Waals surface area contributed by atoms with E-state index in [1.54, 1.807) is 0 Å². The van der Waals surface area contributed by atoms with Crippen LogP contribution in [0.15, 0.2) is 24.3 Å². The second-order valence-electron chi connectivity index (χ2n) is 6.21. The molecule has 0 saturated carbocycles. The van der Waals surface area contributed by atoms with E-state index < -0.39 is 0 Å². The zero-order valence-electron chi connectivity index (χ0n) is 12.4. The number of benzene rings is 1. The number of hydrogen-bond acceptors (Lipinski definition) is 3. The maximum atomic E-state index is 12.9. The van der Waals surface area contributed by atoms with Gasteiger partial charge in [0.2, 0.25) is 0 Å². The van der Waals surface area contributed by atoms with Crippen LogP contribution in [0.2, 0.25) is 0 Å². The molecule has 20 heavy (non-hydrogen) atoms. The fraction of sp³-hybridized carbons (Fsp3) is 0.562. The molecule has 108 valence electrons. The van der Waals surface area contributed by atoms with Crippen LogP contribution < -0.4 is 5.32 Å². The fourth-order valence-corrected chi connectivity index (χ4v) is 3.27. The predicted octanol–water partition coefficient (Wildman–Crippen LogP) is 3.08. The SMILES string of the molecule is CC1(C)Nc2ccccc2C(=O)N1N1CCCCCC1. The third kappa shape index (κ3) is 2.29. The topological polar surface area (TPSA) is 35.6 Å². The van der Waals surface area contributed by atoms with Gasteiger partial charge in [0.15, 0.2) is 0 Å². The lowest BCUT2D eigenvalue weighted by Crippen LogP contribution is -2.63. The molecule has 0 aromatic heterocycles. The van der Waals surface area contributed by atoms with Crippen molar-refractivity contribution >= 4 is 11.6 Å². The summed E-state index contributed by atoms with van der Waals surface area (Å²) in [6, 6.07) is 7.79. The number of hydrazine groups is 1. The Kier molecular flexibility index (Phi) is 3.42. The molecule has 2 aliphatic rings. The maximum Gasteiger partial charge on any atom is 0.272 e. The van der Waals surface area contributed by atoms with Crippen molar-refractivity contribution in [1.29, 1.82) is 0 Å². The van der Waals surface area contributed by atoms with E-state index in [4.69, 9.17) is 0 Å². The molecule has 4 heteroatoms. The van der Waals surface area contributed by atoms with Crippen molar-refractivity contribution in [3.63, 3.8) is 0 Å². The first-order valence-electron chi connectivity index (χ1n) is 7.56. The lowest BCUT2D eigenvalue weighted by Gasteiger charge is -2.49. The molecule has 0 unspecified atom stereocenters. The predicted molar refractivity (Wildman–Crippen MR) is 80.4 cm³/mol. The van der Waals surface area contributed by atoms with Gasteiger partial charge in [-0.1, -0.05) is 25.0 Å². The Morgan fingerprint density at radius 3 is 2.40 bits per heavy atom. The van der Waals surface area contributed by atoms with E-state index in [9.17, 15) is 4.79 Å². The Bertz CT molecular complexity index is 504. The van der Waals surface area contributed by atoms with E-state index in [0.29, 0.717) is 0 Å². The number of carbonyl (C=O) groups excluding carboxylic acids is 1.